The lowest BCUT2D eigenvalue weighted by Crippen LogP contribution is -2.54. The molecular weight excluding hydrogens is 487 g/mol. The molecule has 34 heavy (non-hydrogen) atoms. The summed E-state index contributed by atoms with van der Waals surface area (Å²) in [5, 5.41) is 6.48. The van der Waals surface area contributed by atoms with Gasteiger partial charge in [0.2, 0.25) is 0 Å². The number of rotatable bonds is 0. The highest BCUT2D eigenvalue weighted by molar-refractivity contribution is 5.85. The maximum absolute atomic E-state index is 12.0. The highest BCUT2D eigenvalue weighted by Gasteiger charge is 2.41. The number of carbonyl (C=O) groups excluding carboxylic acids is 2. The summed E-state index contributed by atoms with van der Waals surface area (Å²) in [5.41, 5.74) is -0.867. The highest BCUT2D eigenvalue weighted by atomic mass is 35.5. The molecule has 0 aliphatic carbocycles. The summed E-state index contributed by atoms with van der Waals surface area (Å²) in [4.78, 5) is 27.5. The number of halogens is 2. The van der Waals surface area contributed by atoms with Crippen molar-refractivity contribution >= 4 is 37.0 Å². The Morgan fingerprint density at radius 3 is 1.38 bits per heavy atom. The second-order valence-electron chi connectivity index (χ2n) is 10.6. The van der Waals surface area contributed by atoms with Crippen LogP contribution in [0.25, 0.3) is 0 Å². The molecule has 0 saturated carbocycles. The number of morpholine rings is 2. The van der Waals surface area contributed by atoms with Gasteiger partial charge in [-0.2, -0.15) is 0 Å². The minimum Gasteiger partial charge on any atom is -0.444 e. The predicted molar refractivity (Wildman–Crippen MR) is 133 cm³/mol. The van der Waals surface area contributed by atoms with Gasteiger partial charge >= 0.3 is 12.2 Å². The zero-order valence-corrected chi connectivity index (χ0v) is 22.8. The van der Waals surface area contributed by atoms with Crippen LogP contribution in [0.5, 0.6) is 0 Å². The number of amides is 2. The van der Waals surface area contributed by atoms with E-state index in [-0.39, 0.29) is 61.3 Å². The second kappa shape index (κ2) is 12.8. The molecule has 4 atom stereocenters. The fourth-order valence-electron chi connectivity index (χ4n) is 4.27. The van der Waals surface area contributed by atoms with Gasteiger partial charge in [0.15, 0.2) is 0 Å². The van der Waals surface area contributed by atoms with Crippen LogP contribution in [0.3, 0.4) is 0 Å². The van der Waals surface area contributed by atoms with Crippen LogP contribution < -0.4 is 10.6 Å². The molecule has 2 amide bonds. The first kappa shape index (κ1) is 31.0. The molecular formula is C22H42Cl2N4O6. The Morgan fingerprint density at radius 1 is 0.706 bits per heavy atom. The van der Waals surface area contributed by atoms with Crippen LogP contribution in [0.15, 0.2) is 0 Å². The maximum atomic E-state index is 12.0. The van der Waals surface area contributed by atoms with Crippen LogP contribution in [-0.2, 0) is 18.9 Å². The Labute approximate surface area is 215 Å². The van der Waals surface area contributed by atoms with E-state index in [0.717, 1.165) is 26.2 Å². The van der Waals surface area contributed by atoms with Crippen LogP contribution in [0, 0.1) is 0 Å². The molecule has 12 heteroatoms. The molecule has 200 valence electrons. The Balaban J connectivity index is 0.000000321. The summed E-state index contributed by atoms with van der Waals surface area (Å²) >= 11 is 0. The van der Waals surface area contributed by atoms with Gasteiger partial charge in [-0.25, -0.2) is 9.59 Å². The van der Waals surface area contributed by atoms with Crippen molar-refractivity contribution in [3.8, 4) is 0 Å². The Bertz CT molecular complexity index is 617. The van der Waals surface area contributed by atoms with Gasteiger partial charge in [-0.15, -0.1) is 24.8 Å². The number of ether oxygens (including phenoxy) is 4. The number of hydrogen-bond acceptors (Lipinski definition) is 8. The molecule has 0 radical (unpaired) electrons. The molecule has 4 aliphatic rings. The van der Waals surface area contributed by atoms with Crippen LogP contribution in [0.4, 0.5) is 9.59 Å². The Kier molecular flexibility index (Phi) is 11.6. The lowest BCUT2D eigenvalue weighted by Gasteiger charge is -2.37. The Hall–Kier alpha value is -1.04. The van der Waals surface area contributed by atoms with E-state index in [1.54, 1.807) is 9.80 Å². The quantitative estimate of drug-likeness (QED) is 0.492. The smallest absolute Gasteiger partial charge is 0.410 e. The van der Waals surface area contributed by atoms with E-state index in [2.05, 4.69) is 10.6 Å². The molecule has 4 aliphatic heterocycles. The highest BCUT2D eigenvalue weighted by Crippen LogP contribution is 2.21. The SMILES string of the molecule is CC(C)(C)OC(=O)N1CCO[C@@H]2CNC[C@@H]21.CC(C)(C)OC(=O)N1CCO[C@H]2CNC[C@H]21.Cl.Cl. The molecule has 0 unspecified atom stereocenters. The van der Waals surface area contributed by atoms with Crippen molar-refractivity contribution < 1.29 is 28.5 Å². The molecule has 0 aromatic rings. The fraction of sp³-hybridized carbons (Fsp3) is 0.909. The molecule has 4 saturated heterocycles. The number of carbonyl (C=O) groups is 2. The molecule has 10 nitrogen and oxygen atoms in total. The standard InChI is InChI=1S/2C11H20N2O3.2ClH/c2*1-11(2,3)16-10(14)13-4-5-15-9-7-12-6-8(9)13;;/h2*8-9,12H,4-7H2,1-3H3;2*1H/t2*8-,9+;;/m10../s1. The molecule has 0 aromatic heterocycles. The van der Waals surface area contributed by atoms with E-state index < -0.39 is 11.2 Å². The number of fused-ring (bicyclic) bond motifs is 2. The number of hydrogen-bond donors (Lipinski definition) is 2. The lowest BCUT2D eigenvalue weighted by atomic mass is 10.1. The van der Waals surface area contributed by atoms with Crippen molar-refractivity contribution in [2.75, 3.05) is 52.5 Å². The van der Waals surface area contributed by atoms with Gasteiger partial charge in [-0.1, -0.05) is 0 Å². The monoisotopic (exact) mass is 528 g/mol. The van der Waals surface area contributed by atoms with E-state index in [0.29, 0.717) is 26.3 Å². The number of nitrogens with zero attached hydrogens (tertiary/aromatic N) is 2. The average Bonchev–Trinajstić information content (AvgIpc) is 3.34. The third kappa shape index (κ3) is 8.57. The van der Waals surface area contributed by atoms with Gasteiger partial charge in [0, 0.05) is 39.3 Å². The van der Waals surface area contributed by atoms with Gasteiger partial charge in [0.25, 0.3) is 0 Å². The topological polar surface area (TPSA) is 102 Å². The first-order valence-electron chi connectivity index (χ1n) is 11.6. The zero-order chi connectivity index (χ0) is 23.5. The summed E-state index contributed by atoms with van der Waals surface area (Å²) in [6.45, 7) is 17.0. The molecule has 4 heterocycles. The van der Waals surface area contributed by atoms with E-state index >= 15 is 0 Å². The van der Waals surface area contributed by atoms with Crippen LogP contribution in [0.2, 0.25) is 0 Å². The first-order valence-corrected chi connectivity index (χ1v) is 11.6. The summed E-state index contributed by atoms with van der Waals surface area (Å²) in [6.07, 6.45) is -0.202. The van der Waals surface area contributed by atoms with E-state index in [9.17, 15) is 9.59 Å². The van der Waals surface area contributed by atoms with Gasteiger partial charge in [0.05, 0.1) is 37.5 Å². The third-order valence-electron chi connectivity index (χ3n) is 5.64. The van der Waals surface area contributed by atoms with Crippen molar-refractivity contribution in [1.29, 1.82) is 0 Å². The van der Waals surface area contributed by atoms with Gasteiger partial charge in [0.1, 0.15) is 11.2 Å². The van der Waals surface area contributed by atoms with Crippen molar-refractivity contribution in [3.63, 3.8) is 0 Å². The minimum absolute atomic E-state index is 0. The van der Waals surface area contributed by atoms with Crippen molar-refractivity contribution in [2.24, 2.45) is 0 Å². The third-order valence-corrected chi connectivity index (χ3v) is 5.64. The molecule has 0 spiro atoms. The number of nitrogens with one attached hydrogen (secondary N) is 2. The van der Waals surface area contributed by atoms with Crippen LogP contribution in [-0.4, -0.2) is 110 Å². The van der Waals surface area contributed by atoms with E-state index in [1.807, 2.05) is 41.5 Å². The molecule has 2 N–H and O–H groups in total. The van der Waals surface area contributed by atoms with Gasteiger partial charge in [-0.3, -0.25) is 9.80 Å². The summed E-state index contributed by atoms with van der Waals surface area (Å²) in [6, 6.07) is 0.257. The lowest BCUT2D eigenvalue weighted by molar-refractivity contribution is -0.0569. The molecule has 0 bridgehead atoms. The van der Waals surface area contributed by atoms with Crippen molar-refractivity contribution in [1.82, 2.24) is 20.4 Å². The summed E-state index contributed by atoms with van der Waals surface area (Å²) in [7, 11) is 0. The Morgan fingerprint density at radius 2 is 1.06 bits per heavy atom. The zero-order valence-electron chi connectivity index (χ0n) is 21.1. The van der Waals surface area contributed by atoms with Gasteiger partial charge < -0.3 is 29.6 Å². The summed E-state index contributed by atoms with van der Waals surface area (Å²) < 4.78 is 22.0. The minimum atomic E-state index is -0.434. The van der Waals surface area contributed by atoms with Gasteiger partial charge in [-0.05, 0) is 41.5 Å². The molecule has 4 fully saturated rings. The predicted octanol–water partition coefficient (Wildman–Crippen LogP) is 2.03. The maximum Gasteiger partial charge on any atom is 0.410 e. The fourth-order valence-corrected chi connectivity index (χ4v) is 4.27. The normalized spacial score (nSPS) is 28.3. The van der Waals surface area contributed by atoms with Crippen LogP contribution in [0.1, 0.15) is 41.5 Å². The van der Waals surface area contributed by atoms with Crippen molar-refractivity contribution in [2.45, 2.75) is 77.0 Å². The summed E-state index contributed by atoms with van der Waals surface area (Å²) in [5.74, 6) is 0. The van der Waals surface area contributed by atoms with E-state index in [4.69, 9.17) is 18.9 Å². The van der Waals surface area contributed by atoms with Crippen LogP contribution >= 0.6 is 24.8 Å². The second-order valence-corrected chi connectivity index (χ2v) is 10.6. The van der Waals surface area contributed by atoms with E-state index in [1.165, 1.54) is 0 Å². The van der Waals surface area contributed by atoms with Crippen molar-refractivity contribution in [3.05, 3.63) is 0 Å². The first-order chi connectivity index (χ1) is 14.9. The largest absolute Gasteiger partial charge is 0.444 e. The average molecular weight is 530 g/mol. The molecule has 4 rings (SSSR count). The molecule has 0 aromatic carbocycles.